The molecule has 0 aliphatic rings. The highest BCUT2D eigenvalue weighted by Gasteiger charge is 2.19. The molecule has 12 heteroatoms. The molecule has 4 N–H and O–H groups in total. The van der Waals surface area contributed by atoms with Gasteiger partial charge < -0.3 is 10.6 Å². The first-order chi connectivity index (χ1) is 22.5. The minimum Gasteiger partial charge on any atom is -0.326 e. The third-order valence-electron chi connectivity index (χ3n) is 7.78. The molecule has 0 fully saturated rings. The minimum absolute atomic E-state index is 0.0752. The van der Waals surface area contributed by atoms with Gasteiger partial charge in [-0.05, 0) is 125 Å². The van der Waals surface area contributed by atoms with Crippen LogP contribution >= 0.6 is 0 Å². The van der Waals surface area contributed by atoms with Crippen LogP contribution in [0.5, 0.6) is 0 Å². The number of hydrogen-bond acceptors (Lipinski definition) is 6. The monoisotopic (exact) mass is 690 g/mol. The van der Waals surface area contributed by atoms with Crippen LogP contribution in [0, 0.1) is 41.5 Å². The molecule has 0 spiro atoms. The molecule has 0 saturated carbocycles. The summed E-state index contributed by atoms with van der Waals surface area (Å²) in [6, 6.07) is 19.5. The van der Waals surface area contributed by atoms with Gasteiger partial charge in [0.2, 0.25) is 11.8 Å². The summed E-state index contributed by atoms with van der Waals surface area (Å²) in [4.78, 5) is 25.1. The number of aryl methyl sites for hydroxylation is 6. The molecule has 0 aliphatic carbocycles. The summed E-state index contributed by atoms with van der Waals surface area (Å²) >= 11 is 0. The molecule has 0 heterocycles. The quantitative estimate of drug-likeness (QED) is 0.108. The van der Waals surface area contributed by atoms with Gasteiger partial charge in [-0.3, -0.25) is 19.0 Å². The van der Waals surface area contributed by atoms with Crippen LogP contribution in [0.3, 0.4) is 0 Å². The summed E-state index contributed by atoms with van der Waals surface area (Å²) in [5.41, 5.74) is 7.44. The molecule has 4 aromatic carbocycles. The zero-order valence-electron chi connectivity index (χ0n) is 28.0. The van der Waals surface area contributed by atoms with Crippen molar-refractivity contribution in [2.75, 3.05) is 20.1 Å². The Morgan fingerprint density at radius 2 is 0.792 bits per heavy atom. The summed E-state index contributed by atoms with van der Waals surface area (Å²) in [5, 5.41) is 5.51. The maximum absolute atomic E-state index is 13.0. The molecule has 0 atom stereocenters. The number of carbonyl (C=O) groups excluding carboxylic acids is 2. The van der Waals surface area contributed by atoms with Gasteiger partial charge in [0.05, 0.1) is 21.2 Å². The van der Waals surface area contributed by atoms with E-state index in [1.165, 1.54) is 48.5 Å². The van der Waals surface area contributed by atoms with E-state index in [0.29, 0.717) is 35.6 Å². The lowest BCUT2D eigenvalue weighted by molar-refractivity contribution is -0.118. The maximum Gasteiger partial charge on any atom is 0.261 e. The van der Waals surface area contributed by atoms with E-state index in [2.05, 4.69) is 20.1 Å². The second kappa shape index (κ2) is 15.0. The fraction of sp³-hybridized carbons (Fsp3) is 0.278. The molecule has 0 bridgehead atoms. The highest BCUT2D eigenvalue weighted by molar-refractivity contribution is 7.93. The summed E-state index contributed by atoms with van der Waals surface area (Å²) < 4.78 is 57.2. The van der Waals surface area contributed by atoms with E-state index in [-0.39, 0.29) is 34.4 Å². The van der Waals surface area contributed by atoms with Gasteiger partial charge in [0.1, 0.15) is 0 Å². The van der Waals surface area contributed by atoms with Crippen LogP contribution < -0.4 is 20.1 Å². The Hall–Kier alpha value is -4.68. The van der Waals surface area contributed by atoms with Crippen LogP contribution in [-0.4, -0.2) is 28.6 Å². The first-order valence-electron chi connectivity index (χ1n) is 15.6. The van der Waals surface area contributed by atoms with Crippen LogP contribution in [-0.2, 0) is 29.6 Å². The Morgan fingerprint density at radius 3 is 1.08 bits per heavy atom. The summed E-state index contributed by atoms with van der Waals surface area (Å²) in [6.45, 7) is 11.3. The third-order valence-corrected chi connectivity index (χ3v) is 10.5. The predicted molar refractivity (Wildman–Crippen MR) is 192 cm³/mol. The zero-order chi connectivity index (χ0) is 35.2. The summed E-state index contributed by atoms with van der Waals surface area (Å²) in [7, 11) is -7.64. The molecule has 10 nitrogen and oxygen atoms in total. The van der Waals surface area contributed by atoms with Gasteiger partial charge >= 0.3 is 0 Å². The number of amides is 2. The van der Waals surface area contributed by atoms with Crippen LogP contribution in [0.15, 0.2) is 82.6 Å². The molecular weight excluding hydrogens is 649 g/mol. The first kappa shape index (κ1) is 36.2. The molecular formula is C36H42N4O6S2. The molecule has 0 unspecified atom stereocenters. The van der Waals surface area contributed by atoms with Crippen molar-refractivity contribution in [2.24, 2.45) is 0 Å². The van der Waals surface area contributed by atoms with E-state index in [1.807, 2.05) is 65.8 Å². The largest absolute Gasteiger partial charge is 0.326 e. The number of nitrogens with one attached hydrogen (secondary N) is 4. The lowest BCUT2D eigenvalue weighted by Crippen LogP contribution is -2.16. The van der Waals surface area contributed by atoms with E-state index in [9.17, 15) is 26.4 Å². The molecule has 0 saturated heterocycles. The number of sulfonamides is 2. The molecule has 254 valence electrons. The third kappa shape index (κ3) is 9.45. The lowest BCUT2D eigenvalue weighted by Gasteiger charge is -2.15. The first-order valence-corrected chi connectivity index (χ1v) is 18.5. The van der Waals surface area contributed by atoms with Crippen LogP contribution in [0.2, 0.25) is 0 Å². The second-order valence-corrected chi connectivity index (χ2v) is 15.5. The van der Waals surface area contributed by atoms with Crippen molar-refractivity contribution in [1.29, 1.82) is 0 Å². The average molecular weight is 691 g/mol. The van der Waals surface area contributed by atoms with Crippen molar-refractivity contribution in [1.82, 2.24) is 0 Å². The highest BCUT2D eigenvalue weighted by Crippen LogP contribution is 2.27. The van der Waals surface area contributed by atoms with Crippen molar-refractivity contribution >= 4 is 54.6 Å². The minimum atomic E-state index is -3.82. The predicted octanol–water partition coefficient (Wildman–Crippen LogP) is 7.28. The van der Waals surface area contributed by atoms with Crippen molar-refractivity contribution in [3.05, 3.63) is 106 Å². The van der Waals surface area contributed by atoms with E-state index in [4.69, 9.17) is 0 Å². The second-order valence-electron chi connectivity index (χ2n) is 12.1. The molecule has 4 aromatic rings. The van der Waals surface area contributed by atoms with E-state index in [0.717, 1.165) is 33.4 Å². The van der Waals surface area contributed by atoms with E-state index >= 15 is 0 Å². The van der Waals surface area contributed by atoms with Gasteiger partial charge in [-0.1, -0.05) is 35.4 Å². The van der Waals surface area contributed by atoms with Gasteiger partial charge in [0.15, 0.2) is 0 Å². The van der Waals surface area contributed by atoms with Crippen molar-refractivity contribution in [2.45, 2.75) is 77.0 Å². The molecule has 0 aromatic heterocycles. The van der Waals surface area contributed by atoms with Crippen LogP contribution in [0.4, 0.5) is 22.7 Å². The van der Waals surface area contributed by atoms with Crippen LogP contribution in [0.1, 0.15) is 59.1 Å². The zero-order valence-corrected chi connectivity index (χ0v) is 29.7. The van der Waals surface area contributed by atoms with E-state index in [1.54, 1.807) is 0 Å². The summed E-state index contributed by atoms with van der Waals surface area (Å²) in [5.74, 6) is -0.507. The van der Waals surface area contributed by atoms with Gasteiger partial charge in [-0.15, -0.1) is 0 Å². The molecule has 48 heavy (non-hydrogen) atoms. The highest BCUT2D eigenvalue weighted by atomic mass is 32.2. The van der Waals surface area contributed by atoms with Crippen molar-refractivity contribution in [3.63, 3.8) is 0 Å². The number of anilines is 4. The maximum atomic E-state index is 13.0. The molecule has 4 rings (SSSR count). The number of unbranched alkanes of at least 4 members (excludes halogenated alkanes) is 1. The van der Waals surface area contributed by atoms with E-state index < -0.39 is 20.0 Å². The molecule has 0 radical (unpaired) electrons. The Kier molecular flexibility index (Phi) is 11.3. The van der Waals surface area contributed by atoms with Gasteiger partial charge in [0.25, 0.3) is 20.0 Å². The van der Waals surface area contributed by atoms with Crippen molar-refractivity contribution in [3.8, 4) is 0 Å². The van der Waals surface area contributed by atoms with Gasteiger partial charge in [-0.25, -0.2) is 16.8 Å². The average Bonchev–Trinajstić information content (AvgIpc) is 2.99. The van der Waals surface area contributed by atoms with Crippen molar-refractivity contribution < 1.29 is 26.4 Å². The Balaban J connectivity index is 1.21. The SMILES string of the molecule is Cc1cc(C)c(NS(=O)(=O)c2ccc(NC(=O)CCCCC(=O)Nc3ccc(S(=O)(=O)Nc4c(C)cc(C)cc4C)cc3)cc2)c(C)c1. The fourth-order valence-corrected chi connectivity index (χ4v) is 7.93. The van der Waals surface area contributed by atoms with Gasteiger partial charge in [-0.2, -0.15) is 0 Å². The Bertz CT molecular complexity index is 1850. The Morgan fingerprint density at radius 1 is 0.500 bits per heavy atom. The normalized spacial score (nSPS) is 11.5. The number of hydrogen-bond donors (Lipinski definition) is 4. The fourth-order valence-electron chi connectivity index (χ4n) is 5.52. The molecule has 2 amide bonds. The summed E-state index contributed by atoms with van der Waals surface area (Å²) in [6.07, 6.45) is 1.29. The Labute approximate surface area is 283 Å². The standard InChI is InChI=1S/C36H42N4O6S2/c1-23-19-25(3)35(26(4)20-23)39-47(43,44)31-15-11-29(12-16-31)37-33(41)9-7-8-10-34(42)38-30-13-17-32(18-14-30)48(45,46)40-36-27(5)21-24(2)22-28(36)6/h11-22,39-40H,7-10H2,1-6H3,(H,37,41)(H,38,42). The number of carbonyl (C=O) groups is 2. The van der Waals surface area contributed by atoms with Crippen LogP contribution in [0.25, 0.3) is 0 Å². The lowest BCUT2D eigenvalue weighted by atomic mass is 10.1. The van der Waals surface area contributed by atoms with Gasteiger partial charge in [0, 0.05) is 24.2 Å². The smallest absolute Gasteiger partial charge is 0.261 e. The number of rotatable bonds is 13. The molecule has 0 aliphatic heterocycles. The topological polar surface area (TPSA) is 151 Å². The number of benzene rings is 4.